The molecule has 5 heteroatoms. The van der Waals surface area contributed by atoms with Gasteiger partial charge in [0.05, 0.1) is 5.56 Å². The zero-order chi connectivity index (χ0) is 19.0. The van der Waals surface area contributed by atoms with E-state index in [2.05, 4.69) is 32.9 Å². The molecule has 1 heterocycles. The second-order valence-electron chi connectivity index (χ2n) is 6.82. The molecule has 1 aromatic heterocycles. The molecule has 0 aliphatic heterocycles. The Morgan fingerprint density at radius 2 is 1.35 bits per heavy atom. The molecule has 2 aromatic carbocycles. The first-order chi connectivity index (χ1) is 12.3. The van der Waals surface area contributed by atoms with E-state index in [4.69, 9.17) is 8.93 Å². The number of carbonyl (C=O) groups is 1. The Balaban J connectivity index is 1.89. The summed E-state index contributed by atoms with van der Waals surface area (Å²) in [5, 5.41) is 0.615. The van der Waals surface area contributed by atoms with Crippen molar-refractivity contribution in [1.82, 2.24) is 0 Å². The minimum Gasteiger partial charge on any atom is -0.430 e. The number of rotatable bonds is 3. The molecule has 0 amide bonds. The first-order valence-electron chi connectivity index (χ1n) is 8.48. The summed E-state index contributed by atoms with van der Waals surface area (Å²) in [7, 11) is 1.41. The van der Waals surface area contributed by atoms with Gasteiger partial charge in [-0.2, -0.15) is 0 Å². The van der Waals surface area contributed by atoms with E-state index >= 15 is 0 Å². The number of esters is 1. The third kappa shape index (κ3) is 3.75. The van der Waals surface area contributed by atoms with Crippen molar-refractivity contribution in [2.45, 2.75) is 41.5 Å². The van der Waals surface area contributed by atoms with E-state index in [9.17, 15) is 4.79 Å². The highest BCUT2D eigenvalue weighted by molar-refractivity contribution is 7.50. The number of benzene rings is 2. The Bertz CT molecular complexity index is 956. The lowest BCUT2D eigenvalue weighted by Crippen LogP contribution is -2.11. The minimum absolute atomic E-state index is 0.308. The van der Waals surface area contributed by atoms with Gasteiger partial charge in [-0.15, -0.1) is 0 Å². The number of hydrogen-bond acceptors (Lipinski definition) is 3. The highest BCUT2D eigenvalue weighted by atomic mass is 31.1. The molecule has 0 unspecified atom stereocenters. The largest absolute Gasteiger partial charge is 0.430 e. The van der Waals surface area contributed by atoms with E-state index < -0.39 is 0 Å². The molecule has 3 nitrogen and oxygen atoms in total. The third-order valence-corrected chi connectivity index (χ3v) is 6.37. The van der Waals surface area contributed by atoms with E-state index in [0.717, 1.165) is 35.9 Å². The van der Waals surface area contributed by atoms with Gasteiger partial charge in [0.2, 0.25) is 5.21 Å². The summed E-state index contributed by atoms with van der Waals surface area (Å²) in [5.74, 6) is -0.308. The molecule has 0 saturated heterocycles. The van der Waals surface area contributed by atoms with E-state index in [-0.39, 0.29) is 5.97 Å². The summed E-state index contributed by atoms with van der Waals surface area (Å²) in [4.78, 5) is 12.7. The van der Waals surface area contributed by atoms with Crippen LogP contribution in [0.4, 0.5) is 0 Å². The molecular weight excluding hydrogens is 362 g/mol. The molecule has 0 aliphatic rings. The lowest BCUT2D eigenvalue weighted by Gasteiger charge is -2.09. The Morgan fingerprint density at radius 3 is 1.88 bits per heavy atom. The SMILES string of the molecule is Cc1cc(C)c(C(=O)Oc2poc(-c3c(C)cc(C)cc3C)p2)c(C)c1. The number of hydrogen-bond donors (Lipinski definition) is 0. The van der Waals surface area contributed by atoms with Crippen molar-refractivity contribution in [3.05, 3.63) is 63.2 Å². The van der Waals surface area contributed by atoms with E-state index in [1.807, 2.05) is 32.9 Å². The average molecular weight is 384 g/mol. The third-order valence-electron chi connectivity index (χ3n) is 4.36. The maximum Gasteiger partial charge on any atom is 0.344 e. The van der Waals surface area contributed by atoms with Crippen LogP contribution in [0.2, 0.25) is 0 Å². The fourth-order valence-corrected chi connectivity index (χ4v) is 5.49. The van der Waals surface area contributed by atoms with Gasteiger partial charge in [-0.1, -0.05) is 35.4 Å². The maximum absolute atomic E-state index is 12.7. The van der Waals surface area contributed by atoms with Crippen LogP contribution in [0.15, 0.2) is 28.5 Å². The molecule has 134 valence electrons. The van der Waals surface area contributed by atoms with Crippen molar-refractivity contribution in [2.75, 3.05) is 0 Å². The van der Waals surface area contributed by atoms with Gasteiger partial charge in [-0.05, 0) is 63.8 Å². The van der Waals surface area contributed by atoms with Crippen molar-refractivity contribution >= 4 is 22.6 Å². The maximum atomic E-state index is 12.7. The van der Waals surface area contributed by atoms with Gasteiger partial charge in [0.1, 0.15) is 0 Å². The molecule has 0 aliphatic carbocycles. The molecule has 3 rings (SSSR count). The number of ether oxygens (including phenoxy) is 1. The second-order valence-corrected chi connectivity index (χ2v) is 8.98. The van der Waals surface area contributed by atoms with Crippen LogP contribution < -0.4 is 4.74 Å². The average Bonchev–Trinajstić information content (AvgIpc) is 2.92. The summed E-state index contributed by atoms with van der Waals surface area (Å²) in [5.41, 5.74) is 9.22. The number of carbonyl (C=O) groups excluding carboxylic acids is 1. The predicted octanol–water partition coefficient (Wildman–Crippen LogP) is 7.18. The van der Waals surface area contributed by atoms with E-state index in [1.165, 1.54) is 16.7 Å². The van der Waals surface area contributed by atoms with Crippen LogP contribution in [-0.4, -0.2) is 5.97 Å². The van der Waals surface area contributed by atoms with Crippen molar-refractivity contribution in [1.29, 1.82) is 0 Å². The first-order valence-corrected chi connectivity index (χ1v) is 10.2. The van der Waals surface area contributed by atoms with Crippen LogP contribution in [0.1, 0.15) is 43.7 Å². The lowest BCUT2D eigenvalue weighted by atomic mass is 10.0. The topological polar surface area (TPSA) is 39.4 Å². The van der Waals surface area contributed by atoms with Crippen molar-refractivity contribution in [3.8, 4) is 16.3 Å². The van der Waals surface area contributed by atoms with Gasteiger partial charge in [0.15, 0.2) is 13.9 Å². The monoisotopic (exact) mass is 384 g/mol. The molecule has 0 atom stereocenters. The van der Waals surface area contributed by atoms with Gasteiger partial charge in [-0.25, -0.2) is 4.79 Å². The summed E-state index contributed by atoms with van der Waals surface area (Å²) >= 11 is 0. The zero-order valence-corrected chi connectivity index (χ0v) is 17.7. The van der Waals surface area contributed by atoms with Crippen LogP contribution in [-0.2, 0) is 0 Å². The molecular formula is C21H22O3P2. The van der Waals surface area contributed by atoms with Crippen LogP contribution in [0.5, 0.6) is 5.21 Å². The van der Waals surface area contributed by atoms with Crippen LogP contribution in [0.25, 0.3) is 11.1 Å². The van der Waals surface area contributed by atoms with Crippen molar-refractivity contribution < 1.29 is 13.7 Å². The van der Waals surface area contributed by atoms with Gasteiger partial charge < -0.3 is 8.93 Å². The van der Waals surface area contributed by atoms with Crippen molar-refractivity contribution in [3.63, 3.8) is 0 Å². The Morgan fingerprint density at radius 1 is 0.846 bits per heavy atom. The smallest absolute Gasteiger partial charge is 0.344 e. The van der Waals surface area contributed by atoms with Gasteiger partial charge in [0.25, 0.3) is 0 Å². The molecule has 0 fully saturated rings. The fourth-order valence-electron chi connectivity index (χ4n) is 3.51. The van der Waals surface area contributed by atoms with Crippen molar-refractivity contribution in [2.24, 2.45) is 0 Å². The zero-order valence-electron chi connectivity index (χ0n) is 15.9. The molecule has 0 saturated carbocycles. The molecule has 3 aromatic rings. The van der Waals surface area contributed by atoms with Crippen LogP contribution in [0, 0.1) is 41.5 Å². The number of aryl methyl sites for hydroxylation is 6. The Hall–Kier alpha value is -1.95. The first kappa shape index (κ1) is 18.8. The molecule has 0 bridgehead atoms. The summed E-state index contributed by atoms with van der Waals surface area (Å²) in [6, 6.07) is 8.30. The quantitative estimate of drug-likeness (QED) is 0.449. The summed E-state index contributed by atoms with van der Waals surface area (Å²) in [6.45, 7) is 12.2. The van der Waals surface area contributed by atoms with Crippen LogP contribution >= 0.6 is 16.6 Å². The predicted molar refractivity (Wildman–Crippen MR) is 109 cm³/mol. The fraction of sp³-hybridized carbons (Fsp3) is 0.286. The molecule has 0 N–H and O–H groups in total. The minimum atomic E-state index is -0.308. The van der Waals surface area contributed by atoms with Gasteiger partial charge in [-0.3, -0.25) is 0 Å². The van der Waals surface area contributed by atoms with Crippen LogP contribution in [0.3, 0.4) is 0 Å². The van der Waals surface area contributed by atoms with E-state index in [0.29, 0.717) is 19.2 Å². The summed E-state index contributed by atoms with van der Waals surface area (Å²) < 4.78 is 11.5. The highest BCUT2D eigenvalue weighted by Crippen LogP contribution is 2.47. The molecule has 0 radical (unpaired) electrons. The lowest BCUT2D eigenvalue weighted by molar-refractivity contribution is 0.0744. The Labute approximate surface area is 157 Å². The highest BCUT2D eigenvalue weighted by Gasteiger charge is 2.19. The van der Waals surface area contributed by atoms with Gasteiger partial charge >= 0.3 is 5.97 Å². The molecule has 26 heavy (non-hydrogen) atoms. The normalized spacial score (nSPS) is 11.5. The molecule has 0 spiro atoms. The van der Waals surface area contributed by atoms with Gasteiger partial charge in [0, 0.05) is 13.8 Å². The standard InChI is InChI=1S/C21H22O3P2/c1-11-7-13(3)17(14(4)8-11)19(22)23-21-25-20(24-26-21)18-15(5)9-12(2)10-16(18)6/h7-10H,1-6H3. The second kappa shape index (κ2) is 7.35. The Kier molecular flexibility index (Phi) is 5.32. The summed E-state index contributed by atoms with van der Waals surface area (Å²) in [6.07, 6.45) is 0. The van der Waals surface area contributed by atoms with E-state index in [1.54, 1.807) is 0 Å².